The molecule has 6 nitrogen and oxygen atoms in total. The van der Waals surface area contributed by atoms with Gasteiger partial charge in [0, 0.05) is 22.1 Å². The number of anilines is 1. The molecule has 0 aliphatic heterocycles. The number of amides is 1. The second kappa shape index (κ2) is 7.62. The highest BCUT2D eigenvalue weighted by molar-refractivity contribution is 9.10. The van der Waals surface area contributed by atoms with Gasteiger partial charge >= 0.3 is 0 Å². The normalized spacial score (nSPS) is 11.1. The molecule has 9 heteroatoms. The van der Waals surface area contributed by atoms with Crippen LogP contribution in [0, 0.1) is 6.92 Å². The van der Waals surface area contributed by atoms with E-state index in [-0.39, 0.29) is 5.91 Å². The van der Waals surface area contributed by atoms with Crippen LogP contribution in [0.2, 0.25) is 5.02 Å². The van der Waals surface area contributed by atoms with Crippen molar-refractivity contribution in [3.8, 4) is 10.6 Å². The van der Waals surface area contributed by atoms with E-state index in [0.717, 1.165) is 37.8 Å². The van der Waals surface area contributed by atoms with Gasteiger partial charge in [0.2, 0.25) is 4.96 Å². The van der Waals surface area contributed by atoms with Gasteiger partial charge < -0.3 is 5.32 Å². The quantitative estimate of drug-likeness (QED) is 0.428. The Morgan fingerprint density at radius 3 is 2.86 bits per heavy atom. The summed E-state index contributed by atoms with van der Waals surface area (Å²) in [6, 6.07) is 11.0. The average Bonchev–Trinajstić information content (AvgIpc) is 3.26. The summed E-state index contributed by atoms with van der Waals surface area (Å²) in [7, 11) is 0. The lowest BCUT2D eigenvalue weighted by molar-refractivity contribution is 0.102. The summed E-state index contributed by atoms with van der Waals surface area (Å²) in [6.07, 6.45) is 0.757. The summed E-state index contributed by atoms with van der Waals surface area (Å²) in [5, 5.41) is 17.1. The van der Waals surface area contributed by atoms with Crippen LogP contribution in [0.5, 0.6) is 0 Å². The number of aryl methyl sites for hydroxylation is 2. The van der Waals surface area contributed by atoms with Crippen LogP contribution in [0.15, 0.2) is 40.9 Å². The molecule has 142 valence electrons. The third-order valence-corrected chi connectivity index (χ3v) is 6.05. The van der Waals surface area contributed by atoms with Gasteiger partial charge in [0.25, 0.3) is 5.91 Å². The van der Waals surface area contributed by atoms with Crippen molar-refractivity contribution in [3.05, 3.63) is 62.8 Å². The number of hydrogen-bond acceptors (Lipinski definition) is 5. The van der Waals surface area contributed by atoms with E-state index in [9.17, 15) is 4.79 Å². The number of fused-ring (bicyclic) bond motifs is 1. The fourth-order valence-electron chi connectivity index (χ4n) is 2.75. The van der Waals surface area contributed by atoms with E-state index < -0.39 is 0 Å². The molecule has 0 aliphatic carbocycles. The van der Waals surface area contributed by atoms with Crippen molar-refractivity contribution in [3.63, 3.8) is 0 Å². The molecule has 0 saturated heterocycles. The van der Waals surface area contributed by atoms with Gasteiger partial charge in [-0.2, -0.15) is 9.61 Å². The SMILES string of the molecule is CCc1nnc2sc(-c3ccc(C)c(NC(=O)c4cc(Br)ccc4Cl)c3)nn12. The number of carbonyl (C=O) groups is 1. The van der Waals surface area contributed by atoms with Crippen LogP contribution in [0.4, 0.5) is 5.69 Å². The highest BCUT2D eigenvalue weighted by atomic mass is 79.9. The molecule has 2 aromatic carbocycles. The Bertz CT molecular complexity index is 1200. The van der Waals surface area contributed by atoms with E-state index in [4.69, 9.17) is 11.6 Å². The Balaban J connectivity index is 1.67. The Morgan fingerprint density at radius 2 is 2.07 bits per heavy atom. The zero-order valence-corrected chi connectivity index (χ0v) is 18.2. The molecule has 0 fully saturated rings. The van der Waals surface area contributed by atoms with Crippen LogP contribution < -0.4 is 5.32 Å². The van der Waals surface area contributed by atoms with Crippen LogP contribution in [-0.2, 0) is 6.42 Å². The third kappa shape index (κ3) is 3.55. The molecule has 2 heterocycles. The second-order valence-corrected chi connectivity index (χ2v) is 8.46. The monoisotopic (exact) mass is 475 g/mol. The van der Waals surface area contributed by atoms with Crippen molar-refractivity contribution in [2.24, 2.45) is 0 Å². The van der Waals surface area contributed by atoms with Crippen molar-refractivity contribution in [1.29, 1.82) is 0 Å². The minimum absolute atomic E-state index is 0.266. The van der Waals surface area contributed by atoms with Crippen LogP contribution >= 0.6 is 38.9 Å². The van der Waals surface area contributed by atoms with Crippen molar-refractivity contribution < 1.29 is 4.79 Å². The first-order valence-corrected chi connectivity index (χ1v) is 10.5. The highest BCUT2D eigenvalue weighted by Gasteiger charge is 2.15. The summed E-state index contributed by atoms with van der Waals surface area (Å²) in [5.74, 6) is 0.556. The molecule has 28 heavy (non-hydrogen) atoms. The Hall–Kier alpha value is -2.29. The van der Waals surface area contributed by atoms with E-state index in [1.807, 2.05) is 32.0 Å². The first kappa shape index (κ1) is 19.0. The van der Waals surface area contributed by atoms with Crippen LogP contribution in [-0.4, -0.2) is 25.7 Å². The van der Waals surface area contributed by atoms with Crippen molar-refractivity contribution >= 4 is 55.4 Å². The predicted octanol–water partition coefficient (Wildman–Crippen LogP) is 5.39. The fraction of sp³-hybridized carbons (Fsp3) is 0.158. The molecule has 0 saturated carbocycles. The van der Waals surface area contributed by atoms with E-state index in [1.165, 1.54) is 11.3 Å². The van der Waals surface area contributed by atoms with Crippen LogP contribution in [0.25, 0.3) is 15.5 Å². The summed E-state index contributed by atoms with van der Waals surface area (Å²) in [5.41, 5.74) is 2.96. The molecule has 4 rings (SSSR count). The predicted molar refractivity (Wildman–Crippen MR) is 115 cm³/mol. The van der Waals surface area contributed by atoms with Gasteiger partial charge in [0.15, 0.2) is 5.82 Å². The summed E-state index contributed by atoms with van der Waals surface area (Å²) >= 11 is 11.0. The first-order chi connectivity index (χ1) is 13.5. The third-order valence-electron chi connectivity index (χ3n) is 4.28. The molecule has 0 aliphatic rings. The van der Waals surface area contributed by atoms with Gasteiger partial charge in [-0.25, -0.2) is 0 Å². The second-order valence-electron chi connectivity index (χ2n) is 6.18. The molecule has 4 aromatic rings. The summed E-state index contributed by atoms with van der Waals surface area (Å²) in [4.78, 5) is 13.5. The molecule has 0 radical (unpaired) electrons. The number of nitrogens with zero attached hydrogens (tertiary/aromatic N) is 4. The van der Waals surface area contributed by atoms with E-state index in [2.05, 4.69) is 36.5 Å². The van der Waals surface area contributed by atoms with Gasteiger partial charge in [-0.3, -0.25) is 4.79 Å². The zero-order valence-electron chi connectivity index (χ0n) is 15.0. The van der Waals surface area contributed by atoms with Crippen molar-refractivity contribution in [1.82, 2.24) is 19.8 Å². The molecular formula is C19H15BrClN5OS. The molecular weight excluding hydrogens is 462 g/mol. The molecule has 0 bridgehead atoms. The molecule has 1 N–H and O–H groups in total. The maximum atomic E-state index is 12.7. The lowest BCUT2D eigenvalue weighted by Gasteiger charge is -2.11. The minimum atomic E-state index is -0.266. The lowest BCUT2D eigenvalue weighted by Crippen LogP contribution is -2.13. The van der Waals surface area contributed by atoms with E-state index >= 15 is 0 Å². The summed E-state index contributed by atoms with van der Waals surface area (Å²) in [6.45, 7) is 3.96. The van der Waals surface area contributed by atoms with Crippen molar-refractivity contribution in [2.45, 2.75) is 20.3 Å². The number of nitrogens with one attached hydrogen (secondary N) is 1. The molecule has 0 atom stereocenters. The minimum Gasteiger partial charge on any atom is -0.322 e. The molecule has 0 unspecified atom stereocenters. The Kier molecular flexibility index (Phi) is 5.18. The molecule has 1 amide bonds. The van der Waals surface area contributed by atoms with Crippen molar-refractivity contribution in [2.75, 3.05) is 5.32 Å². The summed E-state index contributed by atoms with van der Waals surface area (Å²) < 4.78 is 2.55. The number of carbonyl (C=O) groups excluding carboxylic acids is 1. The van der Waals surface area contributed by atoms with Gasteiger partial charge in [-0.1, -0.05) is 57.9 Å². The number of hydrogen-bond donors (Lipinski definition) is 1. The van der Waals surface area contributed by atoms with Crippen LogP contribution in [0.1, 0.15) is 28.7 Å². The highest BCUT2D eigenvalue weighted by Crippen LogP contribution is 2.30. The van der Waals surface area contributed by atoms with E-state index in [1.54, 1.807) is 22.7 Å². The fourth-order valence-corrected chi connectivity index (χ4v) is 4.16. The maximum absolute atomic E-state index is 12.7. The molecule has 0 spiro atoms. The number of aromatic nitrogens is 4. The Morgan fingerprint density at radius 1 is 1.25 bits per heavy atom. The topological polar surface area (TPSA) is 72.2 Å². The van der Waals surface area contributed by atoms with E-state index in [0.29, 0.717) is 16.3 Å². The van der Waals surface area contributed by atoms with Gasteiger partial charge in [-0.05, 0) is 36.8 Å². The van der Waals surface area contributed by atoms with Gasteiger partial charge in [0.05, 0.1) is 10.6 Å². The Labute approximate surface area is 178 Å². The smallest absolute Gasteiger partial charge is 0.257 e. The molecule has 2 aromatic heterocycles. The standard InChI is InChI=1S/C19H15BrClN5OS/c1-3-16-23-24-19-26(16)25-18(28-19)11-5-4-10(2)15(8-11)22-17(27)13-9-12(20)6-7-14(13)21/h4-9H,3H2,1-2H3,(H,22,27). The average molecular weight is 477 g/mol. The number of halogens is 2. The van der Waals surface area contributed by atoms with Gasteiger partial charge in [0.1, 0.15) is 5.01 Å². The van der Waals surface area contributed by atoms with Crippen LogP contribution in [0.3, 0.4) is 0 Å². The first-order valence-electron chi connectivity index (χ1n) is 8.55. The number of rotatable bonds is 4. The zero-order chi connectivity index (χ0) is 19.8. The lowest BCUT2D eigenvalue weighted by atomic mass is 10.1. The maximum Gasteiger partial charge on any atom is 0.257 e. The number of benzene rings is 2. The van der Waals surface area contributed by atoms with Gasteiger partial charge in [-0.15, -0.1) is 10.2 Å². The largest absolute Gasteiger partial charge is 0.322 e.